The number of carbonyl (C=O) groups excluding carboxylic acids is 1. The molecule has 3 nitrogen and oxygen atoms in total. The third kappa shape index (κ3) is 4.30. The third-order valence-electron chi connectivity index (χ3n) is 3.22. The fourth-order valence-corrected chi connectivity index (χ4v) is 2.10. The summed E-state index contributed by atoms with van der Waals surface area (Å²) in [5.41, 5.74) is 2.70. The Kier molecular flexibility index (Phi) is 5.69. The highest BCUT2D eigenvalue weighted by Gasteiger charge is 2.15. The van der Waals surface area contributed by atoms with E-state index in [-0.39, 0.29) is 5.82 Å². The summed E-state index contributed by atoms with van der Waals surface area (Å²) in [7, 11) is 2.79. The molecule has 0 heterocycles. The molecular formula is C19H17FO3. The highest BCUT2D eigenvalue weighted by Crippen LogP contribution is 2.23. The summed E-state index contributed by atoms with van der Waals surface area (Å²) in [6.07, 6.45) is 5.06. The van der Waals surface area contributed by atoms with Crippen LogP contribution < -0.4 is 0 Å². The van der Waals surface area contributed by atoms with Crippen LogP contribution in [0.3, 0.4) is 0 Å². The van der Waals surface area contributed by atoms with Crippen molar-refractivity contribution >= 4 is 23.7 Å². The molecule has 0 aliphatic rings. The molecule has 0 aliphatic heterocycles. The number of carbonyl (C=O) groups is 1. The van der Waals surface area contributed by atoms with Crippen molar-refractivity contribution in [3.63, 3.8) is 0 Å². The summed E-state index contributed by atoms with van der Waals surface area (Å²) in [6, 6.07) is 13.5. The lowest BCUT2D eigenvalue weighted by atomic mass is 9.99. The van der Waals surface area contributed by atoms with Crippen molar-refractivity contribution in [2.45, 2.75) is 0 Å². The van der Waals surface area contributed by atoms with Crippen molar-refractivity contribution in [1.29, 1.82) is 0 Å². The average molecular weight is 312 g/mol. The van der Waals surface area contributed by atoms with Gasteiger partial charge in [-0.05, 0) is 28.8 Å². The molecule has 2 aromatic rings. The maximum atomic E-state index is 12.9. The highest BCUT2D eigenvalue weighted by molar-refractivity contribution is 6.17. The molecule has 0 unspecified atom stereocenters. The van der Waals surface area contributed by atoms with E-state index in [2.05, 4.69) is 0 Å². The summed E-state index contributed by atoms with van der Waals surface area (Å²) in [4.78, 5) is 11.9. The molecule has 0 aromatic heterocycles. The van der Waals surface area contributed by atoms with Crippen LogP contribution in [0.15, 0.2) is 54.8 Å². The van der Waals surface area contributed by atoms with E-state index in [1.807, 2.05) is 36.4 Å². The Balaban J connectivity index is 2.38. The van der Waals surface area contributed by atoms with Crippen LogP contribution in [0.1, 0.15) is 16.7 Å². The van der Waals surface area contributed by atoms with Crippen LogP contribution in [0.2, 0.25) is 0 Å². The van der Waals surface area contributed by atoms with Gasteiger partial charge in [-0.2, -0.15) is 0 Å². The number of esters is 1. The van der Waals surface area contributed by atoms with E-state index in [4.69, 9.17) is 9.47 Å². The van der Waals surface area contributed by atoms with Crippen LogP contribution in [0.25, 0.3) is 17.7 Å². The predicted octanol–water partition coefficient (Wildman–Crippen LogP) is 4.16. The van der Waals surface area contributed by atoms with Gasteiger partial charge in [-0.25, -0.2) is 9.18 Å². The van der Waals surface area contributed by atoms with Crippen LogP contribution in [-0.4, -0.2) is 20.2 Å². The zero-order chi connectivity index (χ0) is 16.7. The summed E-state index contributed by atoms with van der Waals surface area (Å²) >= 11 is 0. The molecule has 0 aliphatic carbocycles. The molecule has 0 spiro atoms. The second kappa shape index (κ2) is 7.94. The Hall–Kier alpha value is -2.88. The van der Waals surface area contributed by atoms with Crippen molar-refractivity contribution in [2.75, 3.05) is 14.2 Å². The van der Waals surface area contributed by atoms with Gasteiger partial charge in [-0.1, -0.05) is 48.6 Å². The molecule has 4 heteroatoms. The van der Waals surface area contributed by atoms with E-state index in [1.165, 1.54) is 32.6 Å². The highest BCUT2D eigenvalue weighted by atomic mass is 19.1. The molecule has 0 N–H and O–H groups in total. The average Bonchev–Trinajstić information content (AvgIpc) is 2.59. The molecule has 0 amide bonds. The van der Waals surface area contributed by atoms with Crippen LogP contribution in [0, 0.1) is 5.82 Å². The normalized spacial score (nSPS) is 11.5. The molecule has 0 bridgehead atoms. The number of ether oxygens (including phenoxy) is 2. The fourth-order valence-electron chi connectivity index (χ4n) is 2.10. The Morgan fingerprint density at radius 2 is 1.70 bits per heavy atom. The van der Waals surface area contributed by atoms with Crippen LogP contribution in [0.4, 0.5) is 4.39 Å². The summed E-state index contributed by atoms with van der Waals surface area (Å²) in [6.45, 7) is 0. The number of rotatable bonds is 5. The van der Waals surface area contributed by atoms with E-state index in [0.717, 1.165) is 11.1 Å². The fraction of sp³-hybridized carbons (Fsp3) is 0.105. The number of methoxy groups -OCH3 is 2. The minimum absolute atomic E-state index is 0.279. The second-order valence-corrected chi connectivity index (χ2v) is 4.73. The molecule has 118 valence electrons. The van der Waals surface area contributed by atoms with E-state index in [1.54, 1.807) is 12.1 Å². The van der Waals surface area contributed by atoms with Gasteiger partial charge in [0.1, 0.15) is 11.4 Å². The standard InChI is InChI=1S/C19H17FO3/c1-22-13-18(19(21)23-2)17-6-4-3-5-15(17)10-7-14-8-11-16(20)12-9-14/h3-13H,1-2H3/b10-7+,18-13-. The Bertz CT molecular complexity index is 731. The number of hydrogen-bond acceptors (Lipinski definition) is 3. The summed E-state index contributed by atoms with van der Waals surface area (Å²) in [5, 5.41) is 0. The molecule has 0 saturated heterocycles. The van der Waals surface area contributed by atoms with E-state index < -0.39 is 5.97 Å². The van der Waals surface area contributed by atoms with Crippen LogP contribution in [0.5, 0.6) is 0 Å². The first-order valence-corrected chi connectivity index (χ1v) is 7.00. The third-order valence-corrected chi connectivity index (χ3v) is 3.22. The monoisotopic (exact) mass is 312 g/mol. The molecule has 0 fully saturated rings. The smallest absolute Gasteiger partial charge is 0.341 e. The van der Waals surface area contributed by atoms with Gasteiger partial charge >= 0.3 is 5.97 Å². The Labute approximate surface area is 134 Å². The summed E-state index contributed by atoms with van der Waals surface area (Å²) < 4.78 is 22.7. The second-order valence-electron chi connectivity index (χ2n) is 4.73. The minimum Gasteiger partial charge on any atom is -0.503 e. The van der Waals surface area contributed by atoms with Crippen LogP contribution in [-0.2, 0) is 14.3 Å². The van der Waals surface area contributed by atoms with E-state index in [9.17, 15) is 9.18 Å². The maximum Gasteiger partial charge on any atom is 0.341 e. The lowest BCUT2D eigenvalue weighted by Crippen LogP contribution is -2.05. The van der Waals surface area contributed by atoms with E-state index >= 15 is 0 Å². The molecular weight excluding hydrogens is 295 g/mol. The number of halogens is 1. The maximum absolute atomic E-state index is 12.9. The Morgan fingerprint density at radius 3 is 2.35 bits per heavy atom. The van der Waals surface area contributed by atoms with Crippen molar-refractivity contribution in [3.05, 3.63) is 77.3 Å². The van der Waals surface area contributed by atoms with Crippen LogP contribution >= 0.6 is 0 Å². The predicted molar refractivity (Wildman–Crippen MR) is 88.8 cm³/mol. The number of benzene rings is 2. The quantitative estimate of drug-likeness (QED) is 0.360. The molecule has 0 atom stereocenters. The van der Waals surface area contributed by atoms with Gasteiger partial charge in [0.05, 0.1) is 20.5 Å². The first-order valence-electron chi connectivity index (χ1n) is 7.00. The zero-order valence-corrected chi connectivity index (χ0v) is 13.0. The first-order chi connectivity index (χ1) is 11.2. The molecule has 2 rings (SSSR count). The first kappa shape index (κ1) is 16.5. The van der Waals surface area contributed by atoms with E-state index in [0.29, 0.717) is 11.1 Å². The number of hydrogen-bond donors (Lipinski definition) is 0. The lowest BCUT2D eigenvalue weighted by Gasteiger charge is -2.09. The van der Waals surface area contributed by atoms with Crippen molar-refractivity contribution in [2.24, 2.45) is 0 Å². The summed E-state index contributed by atoms with van der Waals surface area (Å²) in [5.74, 6) is -0.756. The zero-order valence-electron chi connectivity index (χ0n) is 13.0. The topological polar surface area (TPSA) is 35.5 Å². The molecule has 2 aromatic carbocycles. The van der Waals surface area contributed by atoms with Crippen molar-refractivity contribution in [3.8, 4) is 0 Å². The largest absolute Gasteiger partial charge is 0.503 e. The van der Waals surface area contributed by atoms with Gasteiger partial charge in [-0.3, -0.25) is 0 Å². The van der Waals surface area contributed by atoms with Gasteiger partial charge in [0, 0.05) is 0 Å². The van der Waals surface area contributed by atoms with Gasteiger partial charge in [0.25, 0.3) is 0 Å². The van der Waals surface area contributed by atoms with Gasteiger partial charge in [0.15, 0.2) is 0 Å². The SMILES string of the molecule is CO/C=C(\C(=O)OC)c1ccccc1/C=C/c1ccc(F)cc1. The minimum atomic E-state index is -0.477. The lowest BCUT2D eigenvalue weighted by molar-refractivity contribution is -0.133. The van der Waals surface area contributed by atoms with Gasteiger partial charge in [-0.15, -0.1) is 0 Å². The molecule has 23 heavy (non-hydrogen) atoms. The van der Waals surface area contributed by atoms with Gasteiger partial charge < -0.3 is 9.47 Å². The van der Waals surface area contributed by atoms with Gasteiger partial charge in [0.2, 0.25) is 0 Å². The molecule has 0 saturated carbocycles. The molecule has 0 radical (unpaired) electrons. The van der Waals surface area contributed by atoms with Crippen molar-refractivity contribution in [1.82, 2.24) is 0 Å². The Morgan fingerprint density at radius 1 is 1.00 bits per heavy atom. The van der Waals surface area contributed by atoms with Crippen molar-refractivity contribution < 1.29 is 18.7 Å².